The van der Waals surface area contributed by atoms with Gasteiger partial charge >= 0.3 is 19.8 Å². The molecule has 3 aromatic rings. The average Bonchev–Trinajstić information content (AvgIpc) is 3.74. The van der Waals surface area contributed by atoms with Crippen molar-refractivity contribution >= 4 is 30.8 Å². The molecule has 2 bridgehead atoms. The van der Waals surface area contributed by atoms with E-state index in [0.29, 0.717) is 12.0 Å². The number of hydrogen-bond acceptors (Lipinski definition) is 17. The van der Waals surface area contributed by atoms with Crippen molar-refractivity contribution < 1.29 is 62.7 Å². The standard InChI is InChI=1S/C30H41N6O13P/c1-2-3-4-5-22(40)46-26-20(45-29(24(26)41)36-15-35-23-27(31)33-14-34-28(23)36)13-44-50(42,43)49-30-21(10-16-6-8-17(38)9-7-16)32-11-19(47-30)25(48-30)18(39)12-37/h6-9,14-15,18-21,24-26,29,32,37-39,41H,2-5,10-13H2,1H3,(H,42,43)(H2,31,33,34). The molecule has 3 saturated heterocycles. The van der Waals surface area contributed by atoms with Crippen molar-refractivity contribution in [3.63, 3.8) is 0 Å². The summed E-state index contributed by atoms with van der Waals surface area (Å²) in [5, 5.41) is 44.2. The third-order valence-electron chi connectivity index (χ3n) is 8.78. The maximum absolute atomic E-state index is 13.6. The van der Waals surface area contributed by atoms with Crippen LogP contribution in [-0.2, 0) is 43.8 Å². The molecule has 10 unspecified atom stereocenters. The first-order chi connectivity index (χ1) is 23.9. The number of phenols is 1. The zero-order valence-electron chi connectivity index (χ0n) is 27.1. The number of ether oxygens (including phenoxy) is 4. The number of aromatic nitrogens is 4. The maximum Gasteiger partial charge on any atom is 0.476 e. The predicted octanol–water partition coefficient (Wildman–Crippen LogP) is 0.00360. The molecule has 20 heteroatoms. The number of nitrogens with one attached hydrogen (secondary N) is 1. The number of benzene rings is 1. The Balaban J connectivity index is 1.22. The SMILES string of the molecule is CCCCCC(=O)OC1C(COP(=O)(O)OC23OC(CNC2Cc2ccc(O)cc2)C(C(O)CO)O3)OC(n2cnc3c(N)ncnc32)C1O. The first-order valence-electron chi connectivity index (χ1n) is 16.2. The number of fused-ring (bicyclic) bond motifs is 3. The van der Waals surface area contributed by atoms with Crippen molar-refractivity contribution in [1.29, 1.82) is 0 Å². The average molecular weight is 725 g/mol. The van der Waals surface area contributed by atoms with Gasteiger partial charge in [0.2, 0.25) is 0 Å². The minimum atomic E-state index is -5.14. The number of unbranched alkanes of at least 4 members (excludes halogenated alkanes) is 2. The fourth-order valence-corrected chi connectivity index (χ4v) is 7.17. The first-order valence-corrected chi connectivity index (χ1v) is 17.7. The number of aliphatic hydroxyl groups excluding tert-OH is 3. The van der Waals surface area contributed by atoms with Crippen molar-refractivity contribution in [2.45, 2.75) is 93.9 Å². The van der Waals surface area contributed by atoms with E-state index in [0.717, 1.165) is 12.8 Å². The summed E-state index contributed by atoms with van der Waals surface area (Å²) in [5.41, 5.74) is 7.06. The molecule has 6 rings (SSSR count). The lowest BCUT2D eigenvalue weighted by molar-refractivity contribution is -0.332. The topological polar surface area (TPSA) is 272 Å². The van der Waals surface area contributed by atoms with Gasteiger partial charge in [-0.2, -0.15) is 0 Å². The molecule has 3 fully saturated rings. The van der Waals surface area contributed by atoms with Gasteiger partial charge in [0.1, 0.15) is 48.1 Å². The molecular formula is C30H41N6O13P. The Morgan fingerprint density at radius 3 is 2.74 bits per heavy atom. The Kier molecular flexibility index (Phi) is 11.0. The smallest absolute Gasteiger partial charge is 0.476 e. The highest BCUT2D eigenvalue weighted by Crippen LogP contribution is 2.53. The molecule has 0 saturated carbocycles. The molecule has 0 radical (unpaired) electrons. The van der Waals surface area contributed by atoms with Crippen LogP contribution in [0.1, 0.15) is 44.4 Å². The highest BCUT2D eigenvalue weighted by atomic mass is 31.2. The van der Waals surface area contributed by atoms with E-state index in [4.69, 9.17) is 33.7 Å². The number of esters is 1. The van der Waals surface area contributed by atoms with E-state index < -0.39 is 81.9 Å². The van der Waals surface area contributed by atoms with E-state index >= 15 is 0 Å². The molecule has 5 heterocycles. The van der Waals surface area contributed by atoms with E-state index in [-0.39, 0.29) is 42.1 Å². The number of aliphatic hydroxyl groups is 3. The van der Waals surface area contributed by atoms with Gasteiger partial charge in [-0.1, -0.05) is 31.9 Å². The number of phosphoric ester groups is 1. The minimum Gasteiger partial charge on any atom is -0.508 e. The van der Waals surface area contributed by atoms with Gasteiger partial charge in [-0.3, -0.25) is 13.9 Å². The number of hydrogen-bond donors (Lipinski definition) is 7. The summed E-state index contributed by atoms with van der Waals surface area (Å²) in [7, 11) is -5.14. The van der Waals surface area contributed by atoms with Gasteiger partial charge in [0.15, 0.2) is 23.8 Å². The molecule has 19 nitrogen and oxygen atoms in total. The van der Waals surface area contributed by atoms with Gasteiger partial charge in [-0.25, -0.2) is 24.0 Å². The second-order valence-corrected chi connectivity index (χ2v) is 13.7. The number of aromatic hydroxyl groups is 1. The highest BCUT2D eigenvalue weighted by Gasteiger charge is 2.62. The quantitative estimate of drug-likeness (QED) is 0.0617. The molecule has 50 heavy (non-hydrogen) atoms. The molecule has 10 atom stereocenters. The summed E-state index contributed by atoms with van der Waals surface area (Å²) in [6.45, 7) is 0.735. The van der Waals surface area contributed by atoms with Crippen molar-refractivity contribution in [2.75, 3.05) is 25.5 Å². The van der Waals surface area contributed by atoms with Crippen LogP contribution in [-0.4, -0.2) is 119 Å². The van der Waals surface area contributed by atoms with E-state index in [1.165, 1.54) is 29.4 Å². The predicted molar refractivity (Wildman–Crippen MR) is 170 cm³/mol. The summed E-state index contributed by atoms with van der Waals surface area (Å²) >= 11 is 0. The summed E-state index contributed by atoms with van der Waals surface area (Å²) < 4.78 is 49.6. The molecule has 3 aliphatic rings. The van der Waals surface area contributed by atoms with Crippen molar-refractivity contribution in [2.24, 2.45) is 0 Å². The molecule has 0 aliphatic carbocycles. The Bertz CT molecular complexity index is 1680. The Hall–Kier alpha value is -3.33. The van der Waals surface area contributed by atoms with Gasteiger partial charge in [0, 0.05) is 13.0 Å². The van der Waals surface area contributed by atoms with Crippen molar-refractivity contribution in [1.82, 2.24) is 24.8 Å². The van der Waals surface area contributed by atoms with Crippen LogP contribution in [0, 0.1) is 0 Å². The normalized spacial score (nSPS) is 31.1. The van der Waals surface area contributed by atoms with Gasteiger partial charge in [-0.15, -0.1) is 0 Å². The first kappa shape index (κ1) is 36.5. The summed E-state index contributed by atoms with van der Waals surface area (Å²) in [6, 6.07) is 5.27. The number of carbonyl (C=O) groups excluding carboxylic acids is 1. The van der Waals surface area contributed by atoms with Crippen LogP contribution in [0.5, 0.6) is 5.75 Å². The van der Waals surface area contributed by atoms with Gasteiger partial charge in [-0.05, 0) is 30.5 Å². The van der Waals surface area contributed by atoms with E-state index in [1.54, 1.807) is 12.1 Å². The molecular weight excluding hydrogens is 683 g/mol. The van der Waals surface area contributed by atoms with Crippen LogP contribution < -0.4 is 11.1 Å². The monoisotopic (exact) mass is 724 g/mol. The highest BCUT2D eigenvalue weighted by molar-refractivity contribution is 7.47. The fourth-order valence-electron chi connectivity index (χ4n) is 6.25. The third kappa shape index (κ3) is 7.63. The summed E-state index contributed by atoms with van der Waals surface area (Å²) in [6.07, 6.45) is -3.85. The van der Waals surface area contributed by atoms with Crippen LogP contribution in [0.2, 0.25) is 0 Å². The molecule has 274 valence electrons. The van der Waals surface area contributed by atoms with Crippen LogP contribution in [0.4, 0.5) is 5.82 Å². The molecule has 2 aromatic heterocycles. The van der Waals surface area contributed by atoms with Crippen LogP contribution >= 0.6 is 7.82 Å². The number of morpholine rings is 1. The summed E-state index contributed by atoms with van der Waals surface area (Å²) in [5.74, 6) is -2.76. The van der Waals surface area contributed by atoms with Gasteiger partial charge in [0.05, 0.1) is 25.6 Å². The van der Waals surface area contributed by atoms with E-state index in [2.05, 4.69) is 20.3 Å². The number of phosphoric acid groups is 1. The maximum atomic E-state index is 13.6. The van der Waals surface area contributed by atoms with Crippen LogP contribution in [0.25, 0.3) is 11.2 Å². The van der Waals surface area contributed by atoms with Crippen LogP contribution in [0.15, 0.2) is 36.9 Å². The minimum absolute atomic E-state index is 0.0363. The number of nitrogens with zero attached hydrogens (tertiary/aromatic N) is 4. The lowest BCUT2D eigenvalue weighted by Gasteiger charge is -2.39. The lowest BCUT2D eigenvalue weighted by atomic mass is 10.0. The van der Waals surface area contributed by atoms with Crippen LogP contribution in [0.3, 0.4) is 0 Å². The molecule has 8 N–H and O–H groups in total. The molecule has 0 spiro atoms. The number of anilines is 1. The Morgan fingerprint density at radius 2 is 2.00 bits per heavy atom. The van der Waals surface area contributed by atoms with Gasteiger partial charge in [0.25, 0.3) is 0 Å². The lowest BCUT2D eigenvalue weighted by Crippen LogP contribution is -2.59. The van der Waals surface area contributed by atoms with Crippen molar-refractivity contribution in [3.05, 3.63) is 42.5 Å². The number of phenolic OH excluding ortho intramolecular Hbond substituents is 1. The second kappa shape index (κ2) is 15.1. The van der Waals surface area contributed by atoms with E-state index in [9.17, 15) is 34.7 Å². The largest absolute Gasteiger partial charge is 0.508 e. The number of nitrogens with two attached hydrogens (primary N) is 1. The zero-order valence-corrected chi connectivity index (χ0v) is 27.9. The second-order valence-electron chi connectivity index (χ2n) is 12.3. The fraction of sp³-hybridized carbons (Fsp3) is 0.600. The zero-order chi connectivity index (χ0) is 35.6. The summed E-state index contributed by atoms with van der Waals surface area (Å²) in [4.78, 5) is 36.1. The molecule has 0 amide bonds. The number of imidazole rings is 1. The molecule has 3 aliphatic heterocycles. The molecule has 1 aromatic carbocycles. The Labute approximate surface area is 285 Å². The van der Waals surface area contributed by atoms with E-state index in [1.807, 2.05) is 6.92 Å². The van der Waals surface area contributed by atoms with Gasteiger partial charge < -0.3 is 55.3 Å². The van der Waals surface area contributed by atoms with Crippen molar-refractivity contribution in [3.8, 4) is 5.75 Å². The number of nitrogen functional groups attached to an aromatic ring is 1. The Morgan fingerprint density at radius 1 is 1.22 bits per heavy atom. The number of rotatable bonds is 15. The third-order valence-corrected chi connectivity index (χ3v) is 9.74. The number of carbonyl (C=O) groups is 1.